The van der Waals surface area contributed by atoms with Crippen molar-refractivity contribution in [3.63, 3.8) is 0 Å². The Hall–Kier alpha value is -4.18. The maximum atomic E-state index is 13.5. The van der Waals surface area contributed by atoms with Crippen LogP contribution < -0.4 is 5.32 Å². The zero-order valence-corrected chi connectivity index (χ0v) is 25.4. The second-order valence-corrected chi connectivity index (χ2v) is 12.6. The lowest BCUT2D eigenvalue weighted by molar-refractivity contribution is -0.136. The van der Waals surface area contributed by atoms with Gasteiger partial charge in [-0.3, -0.25) is 44.1 Å². The Morgan fingerprint density at radius 2 is 1.33 bits per heavy atom. The van der Waals surface area contributed by atoms with Crippen molar-refractivity contribution in [3.05, 3.63) is 107 Å². The van der Waals surface area contributed by atoms with Crippen LogP contribution >= 0.6 is 0 Å². The summed E-state index contributed by atoms with van der Waals surface area (Å²) < 4.78 is 0. The highest BCUT2D eigenvalue weighted by molar-refractivity contribution is 6.24. The number of piperazine rings is 1. The molecule has 0 aromatic heterocycles. The topological polar surface area (TPSA) is 93.3 Å². The second-order valence-electron chi connectivity index (χ2n) is 12.6. The van der Waals surface area contributed by atoms with E-state index in [9.17, 15) is 19.2 Å². The van der Waals surface area contributed by atoms with E-state index in [0.29, 0.717) is 23.7 Å². The van der Waals surface area contributed by atoms with E-state index in [1.807, 2.05) is 12.1 Å². The molecular weight excluding hydrogens is 566 g/mol. The van der Waals surface area contributed by atoms with Crippen molar-refractivity contribution >= 4 is 23.6 Å². The molecule has 9 nitrogen and oxygen atoms in total. The van der Waals surface area contributed by atoms with Gasteiger partial charge in [0.2, 0.25) is 11.8 Å². The number of imide groups is 2. The fourth-order valence-corrected chi connectivity index (χ4v) is 7.65. The van der Waals surface area contributed by atoms with Crippen LogP contribution in [0.15, 0.2) is 78.9 Å². The molecule has 4 amide bonds. The number of hydrogen-bond acceptors (Lipinski definition) is 7. The fourth-order valence-electron chi connectivity index (χ4n) is 7.65. The van der Waals surface area contributed by atoms with Crippen LogP contribution in [0.25, 0.3) is 0 Å². The van der Waals surface area contributed by atoms with Crippen LogP contribution in [0.5, 0.6) is 0 Å². The first-order chi connectivity index (χ1) is 22.0. The molecule has 45 heavy (non-hydrogen) atoms. The monoisotopic (exact) mass is 605 g/mol. The first-order valence-electron chi connectivity index (χ1n) is 16.1. The predicted octanol–water partition coefficient (Wildman–Crippen LogP) is 3.46. The predicted molar refractivity (Wildman–Crippen MR) is 169 cm³/mol. The van der Waals surface area contributed by atoms with Gasteiger partial charge in [0.15, 0.2) is 0 Å². The molecule has 1 unspecified atom stereocenters. The number of nitrogens with one attached hydrogen (secondary N) is 1. The number of piperidine rings is 2. The number of hydrogen-bond donors (Lipinski definition) is 1. The van der Waals surface area contributed by atoms with E-state index in [1.54, 1.807) is 6.07 Å². The lowest BCUT2D eigenvalue weighted by atomic mass is 9.95. The zero-order valence-electron chi connectivity index (χ0n) is 25.4. The molecule has 4 heterocycles. The van der Waals surface area contributed by atoms with Gasteiger partial charge in [0.25, 0.3) is 11.8 Å². The zero-order chi connectivity index (χ0) is 30.9. The number of amides is 4. The number of carbonyl (C=O) groups is 4. The maximum Gasteiger partial charge on any atom is 0.262 e. The fraction of sp³-hybridized carbons (Fsp3) is 0.389. The Bertz CT molecular complexity index is 1540. The van der Waals surface area contributed by atoms with Crippen LogP contribution in [0.1, 0.15) is 69.1 Å². The van der Waals surface area contributed by atoms with Crippen molar-refractivity contribution in [1.29, 1.82) is 0 Å². The summed E-state index contributed by atoms with van der Waals surface area (Å²) in [6, 6.07) is 26.8. The minimum Gasteiger partial charge on any atom is -0.299 e. The first-order valence-corrected chi connectivity index (χ1v) is 16.1. The van der Waals surface area contributed by atoms with Gasteiger partial charge in [-0.1, -0.05) is 72.8 Å². The third-order valence-electron chi connectivity index (χ3n) is 9.97. The number of nitrogens with zero attached hydrogens (tertiary/aromatic N) is 4. The molecule has 4 aliphatic heterocycles. The molecular formula is C36H39N5O4. The Balaban J connectivity index is 0.963. The smallest absolute Gasteiger partial charge is 0.262 e. The highest BCUT2D eigenvalue weighted by Gasteiger charge is 2.45. The molecule has 3 saturated heterocycles. The molecule has 232 valence electrons. The Morgan fingerprint density at radius 3 is 1.96 bits per heavy atom. The van der Waals surface area contributed by atoms with Crippen LogP contribution in [0.4, 0.5) is 0 Å². The van der Waals surface area contributed by atoms with Gasteiger partial charge >= 0.3 is 0 Å². The van der Waals surface area contributed by atoms with E-state index in [1.165, 1.54) is 11.1 Å². The largest absolute Gasteiger partial charge is 0.299 e. The molecule has 9 heteroatoms. The molecule has 1 N–H and O–H groups in total. The van der Waals surface area contributed by atoms with Gasteiger partial charge in [0.1, 0.15) is 6.04 Å². The molecule has 3 aromatic carbocycles. The van der Waals surface area contributed by atoms with Crippen molar-refractivity contribution in [2.45, 2.75) is 50.4 Å². The van der Waals surface area contributed by atoms with Crippen LogP contribution in [0, 0.1) is 0 Å². The van der Waals surface area contributed by atoms with Crippen LogP contribution in [0.3, 0.4) is 0 Å². The Morgan fingerprint density at radius 1 is 0.689 bits per heavy atom. The molecule has 0 radical (unpaired) electrons. The number of fused-ring (bicyclic) bond motifs is 1. The summed E-state index contributed by atoms with van der Waals surface area (Å²) in [6.45, 7) is 6.55. The van der Waals surface area contributed by atoms with E-state index in [-0.39, 0.29) is 24.8 Å². The molecule has 3 aromatic rings. The van der Waals surface area contributed by atoms with Crippen LogP contribution in [-0.4, -0.2) is 94.6 Å². The summed E-state index contributed by atoms with van der Waals surface area (Å²) in [4.78, 5) is 59.6. The minimum absolute atomic E-state index is 0.112. The van der Waals surface area contributed by atoms with Gasteiger partial charge in [-0.05, 0) is 55.1 Å². The van der Waals surface area contributed by atoms with Gasteiger partial charge in [0.05, 0.1) is 17.2 Å². The van der Waals surface area contributed by atoms with E-state index in [2.05, 4.69) is 80.7 Å². The van der Waals surface area contributed by atoms with Crippen LogP contribution in [-0.2, 0) is 16.1 Å². The summed E-state index contributed by atoms with van der Waals surface area (Å²) in [7, 11) is 0. The van der Waals surface area contributed by atoms with Crippen LogP contribution in [0.2, 0.25) is 0 Å². The van der Waals surface area contributed by atoms with Gasteiger partial charge in [-0.25, -0.2) is 0 Å². The quantitative estimate of drug-likeness (QED) is 0.413. The van der Waals surface area contributed by atoms with Crippen molar-refractivity contribution < 1.29 is 19.2 Å². The molecule has 0 bridgehead atoms. The maximum absolute atomic E-state index is 13.5. The number of carbonyl (C=O) groups excluding carboxylic acids is 4. The first kappa shape index (κ1) is 29.5. The van der Waals surface area contributed by atoms with E-state index in [4.69, 9.17) is 0 Å². The lowest BCUT2D eigenvalue weighted by Gasteiger charge is -2.45. The van der Waals surface area contributed by atoms with Gasteiger partial charge in [-0.2, -0.15) is 0 Å². The van der Waals surface area contributed by atoms with Crippen molar-refractivity contribution in [2.24, 2.45) is 0 Å². The van der Waals surface area contributed by atoms with Gasteiger partial charge < -0.3 is 0 Å². The van der Waals surface area contributed by atoms with Gasteiger partial charge in [-0.15, -0.1) is 0 Å². The second kappa shape index (κ2) is 12.7. The Labute approximate surface area is 263 Å². The Kier molecular flexibility index (Phi) is 8.31. The molecule has 0 spiro atoms. The van der Waals surface area contributed by atoms with E-state index < -0.39 is 23.8 Å². The van der Waals surface area contributed by atoms with E-state index in [0.717, 1.165) is 62.6 Å². The van der Waals surface area contributed by atoms with Crippen molar-refractivity contribution in [3.8, 4) is 0 Å². The van der Waals surface area contributed by atoms with Crippen molar-refractivity contribution in [2.75, 3.05) is 39.3 Å². The molecule has 1 atom stereocenters. The lowest BCUT2D eigenvalue weighted by Crippen LogP contribution is -2.54. The number of rotatable bonds is 7. The standard InChI is InChI=1S/C36H39N5O4/c42-31-15-14-30(34(43)37-31)41-35(44)29-13-7-12-27(32(29)36(41)45)24-38-18-16-28(17-19-38)39-20-22-40(23-21-39)33(25-8-3-1-4-9-25)26-10-5-2-6-11-26/h1-13,28,30,33H,14-24H2,(H,37,42,43). The summed E-state index contributed by atoms with van der Waals surface area (Å²) in [5.41, 5.74) is 4.23. The highest BCUT2D eigenvalue weighted by atomic mass is 16.2. The third-order valence-corrected chi connectivity index (χ3v) is 9.97. The third kappa shape index (κ3) is 5.83. The number of benzene rings is 3. The average Bonchev–Trinajstić information content (AvgIpc) is 3.33. The van der Waals surface area contributed by atoms with E-state index >= 15 is 0 Å². The molecule has 4 aliphatic rings. The SMILES string of the molecule is O=C1CCC(N2C(=O)c3cccc(CN4CCC(N5CCN(C(c6ccccc6)c6ccccc6)CC5)CC4)c3C2=O)C(=O)N1. The highest BCUT2D eigenvalue weighted by Crippen LogP contribution is 2.33. The average molecular weight is 606 g/mol. The summed E-state index contributed by atoms with van der Waals surface area (Å²) in [5.74, 6) is -1.84. The molecule has 7 rings (SSSR count). The normalized spacial score (nSPS) is 22.2. The van der Waals surface area contributed by atoms with Crippen molar-refractivity contribution in [1.82, 2.24) is 24.9 Å². The molecule has 3 fully saturated rings. The summed E-state index contributed by atoms with van der Waals surface area (Å²) >= 11 is 0. The summed E-state index contributed by atoms with van der Waals surface area (Å²) in [6.07, 6.45) is 2.39. The molecule has 0 aliphatic carbocycles. The summed E-state index contributed by atoms with van der Waals surface area (Å²) in [5, 5.41) is 2.27. The number of likely N-dealkylation sites (tertiary alicyclic amines) is 1. The molecule has 0 saturated carbocycles. The van der Waals surface area contributed by atoms with Gasteiger partial charge in [0, 0.05) is 45.2 Å². The minimum atomic E-state index is -0.949.